The summed E-state index contributed by atoms with van der Waals surface area (Å²) in [5.74, 6) is 1.22. The number of aromatic nitrogens is 2. The van der Waals surface area contributed by atoms with Crippen LogP contribution < -0.4 is 4.90 Å². The third-order valence-electron chi connectivity index (χ3n) is 5.30. The minimum absolute atomic E-state index is 0.108. The fourth-order valence-electron chi connectivity index (χ4n) is 3.93. The molecule has 0 N–H and O–H groups in total. The molecule has 1 aliphatic carbocycles. The molecule has 1 aromatic carbocycles. The molecule has 1 atom stereocenters. The number of nitrogens with zero attached hydrogens (tertiary/aromatic N) is 3. The number of halogens is 1. The Morgan fingerprint density at radius 1 is 1.32 bits per heavy atom. The van der Waals surface area contributed by atoms with E-state index in [0.717, 1.165) is 17.8 Å². The largest absolute Gasteiger partial charge is 0.339 e. The zero-order chi connectivity index (χ0) is 17.4. The summed E-state index contributed by atoms with van der Waals surface area (Å²) in [6.07, 6.45) is 6.14. The summed E-state index contributed by atoms with van der Waals surface area (Å²) in [6, 6.07) is 4.91. The van der Waals surface area contributed by atoms with E-state index in [-0.39, 0.29) is 24.1 Å². The molecule has 5 nitrogen and oxygen atoms in total. The van der Waals surface area contributed by atoms with Crippen molar-refractivity contribution in [2.24, 2.45) is 5.92 Å². The van der Waals surface area contributed by atoms with Gasteiger partial charge in [0.2, 0.25) is 11.8 Å². The first-order valence-electron chi connectivity index (χ1n) is 8.99. The van der Waals surface area contributed by atoms with Crippen molar-refractivity contribution in [1.29, 1.82) is 0 Å². The van der Waals surface area contributed by atoms with Crippen molar-refractivity contribution >= 4 is 11.6 Å². The zero-order valence-electron chi connectivity index (χ0n) is 14.4. The maximum atomic E-state index is 14.2. The van der Waals surface area contributed by atoms with Gasteiger partial charge in [0.1, 0.15) is 5.82 Å². The lowest BCUT2D eigenvalue weighted by Gasteiger charge is -2.17. The molecule has 132 valence electrons. The van der Waals surface area contributed by atoms with E-state index in [4.69, 9.17) is 4.52 Å². The highest BCUT2D eigenvalue weighted by Crippen LogP contribution is 2.33. The highest BCUT2D eigenvalue weighted by Gasteiger charge is 2.36. The van der Waals surface area contributed by atoms with Crippen LogP contribution >= 0.6 is 0 Å². The van der Waals surface area contributed by atoms with E-state index in [1.807, 2.05) is 13.0 Å². The molecule has 6 heteroatoms. The highest BCUT2D eigenvalue weighted by molar-refractivity contribution is 5.96. The smallest absolute Gasteiger partial charge is 0.232 e. The number of amides is 1. The van der Waals surface area contributed by atoms with Gasteiger partial charge < -0.3 is 9.42 Å². The molecule has 1 aromatic heterocycles. The monoisotopic (exact) mass is 343 g/mol. The molecule has 1 unspecified atom stereocenters. The summed E-state index contributed by atoms with van der Waals surface area (Å²) < 4.78 is 19.6. The number of benzene rings is 1. The minimum Gasteiger partial charge on any atom is -0.339 e. The Hall–Kier alpha value is -2.24. The molecule has 0 radical (unpaired) electrons. The van der Waals surface area contributed by atoms with E-state index < -0.39 is 0 Å². The molecule has 1 saturated carbocycles. The molecule has 2 fully saturated rings. The van der Waals surface area contributed by atoms with Gasteiger partial charge in [-0.3, -0.25) is 4.79 Å². The quantitative estimate of drug-likeness (QED) is 0.848. The predicted octanol–water partition coefficient (Wildman–Crippen LogP) is 3.77. The van der Waals surface area contributed by atoms with E-state index in [0.29, 0.717) is 24.0 Å². The van der Waals surface area contributed by atoms with Crippen LogP contribution in [0.3, 0.4) is 0 Å². The summed E-state index contributed by atoms with van der Waals surface area (Å²) in [5, 5.41) is 4.09. The van der Waals surface area contributed by atoms with Crippen molar-refractivity contribution in [3.05, 3.63) is 41.3 Å². The lowest BCUT2D eigenvalue weighted by molar-refractivity contribution is -0.117. The number of hydrogen-bond acceptors (Lipinski definition) is 4. The molecule has 0 spiro atoms. The van der Waals surface area contributed by atoms with Gasteiger partial charge in [-0.2, -0.15) is 4.98 Å². The lowest BCUT2D eigenvalue weighted by Crippen LogP contribution is -2.25. The van der Waals surface area contributed by atoms with Crippen LogP contribution in [0.5, 0.6) is 0 Å². The first kappa shape index (κ1) is 16.2. The van der Waals surface area contributed by atoms with Crippen LogP contribution in [-0.2, 0) is 11.2 Å². The van der Waals surface area contributed by atoms with E-state index in [2.05, 4.69) is 10.1 Å². The van der Waals surface area contributed by atoms with Crippen molar-refractivity contribution in [3.63, 3.8) is 0 Å². The molecule has 2 aliphatic rings. The maximum Gasteiger partial charge on any atom is 0.232 e. The van der Waals surface area contributed by atoms with Gasteiger partial charge >= 0.3 is 0 Å². The van der Waals surface area contributed by atoms with Crippen molar-refractivity contribution in [1.82, 2.24) is 10.1 Å². The number of aryl methyl sites for hydroxylation is 1. The zero-order valence-corrected chi connectivity index (χ0v) is 14.4. The van der Waals surface area contributed by atoms with Crippen LogP contribution in [0, 0.1) is 18.7 Å². The normalized spacial score (nSPS) is 21.4. The van der Waals surface area contributed by atoms with Gasteiger partial charge in [0, 0.05) is 19.4 Å². The average Bonchev–Trinajstić information content (AvgIpc) is 3.30. The molecule has 1 aliphatic heterocycles. The molecular weight excluding hydrogens is 321 g/mol. The summed E-state index contributed by atoms with van der Waals surface area (Å²) in [4.78, 5) is 18.3. The first-order chi connectivity index (χ1) is 12.1. The predicted molar refractivity (Wildman–Crippen MR) is 90.8 cm³/mol. The highest BCUT2D eigenvalue weighted by atomic mass is 19.1. The van der Waals surface area contributed by atoms with Crippen LogP contribution in [0.4, 0.5) is 10.1 Å². The Morgan fingerprint density at radius 2 is 2.12 bits per heavy atom. The molecule has 2 aromatic rings. The first-order valence-corrected chi connectivity index (χ1v) is 8.99. The molecule has 2 heterocycles. The minimum atomic E-state index is -0.374. The third kappa shape index (κ3) is 3.30. The van der Waals surface area contributed by atoms with Crippen LogP contribution in [0.1, 0.15) is 55.3 Å². The number of carbonyl (C=O) groups is 1. The Kier molecular flexibility index (Phi) is 4.27. The van der Waals surface area contributed by atoms with E-state index in [1.165, 1.54) is 36.6 Å². The van der Waals surface area contributed by atoms with E-state index in [9.17, 15) is 9.18 Å². The summed E-state index contributed by atoms with van der Waals surface area (Å²) in [7, 11) is 0. The molecule has 25 heavy (non-hydrogen) atoms. The second-order valence-corrected chi connectivity index (χ2v) is 7.26. The van der Waals surface area contributed by atoms with Gasteiger partial charge in [0.25, 0.3) is 0 Å². The van der Waals surface area contributed by atoms with Gasteiger partial charge in [-0.05, 0) is 30.5 Å². The van der Waals surface area contributed by atoms with Crippen molar-refractivity contribution in [3.8, 4) is 0 Å². The Balaban J connectivity index is 1.47. The topological polar surface area (TPSA) is 59.2 Å². The number of carbonyl (C=O) groups excluding carboxylic acids is 1. The van der Waals surface area contributed by atoms with Crippen LogP contribution in [-0.4, -0.2) is 22.6 Å². The SMILES string of the molecule is Cc1ccc(N2CC(c3nc(CC4CCCC4)no3)CC2=O)c(F)c1. The van der Waals surface area contributed by atoms with Crippen LogP contribution in [0.2, 0.25) is 0 Å². The third-order valence-corrected chi connectivity index (χ3v) is 5.30. The standard InChI is InChI=1S/C19H22FN3O2/c1-12-6-7-16(15(20)8-12)23-11-14(10-18(23)24)19-21-17(22-25-19)9-13-4-2-3-5-13/h6-8,13-14H,2-5,9-11H2,1H3. The van der Waals surface area contributed by atoms with Crippen LogP contribution in [0.15, 0.2) is 22.7 Å². The Bertz CT molecular complexity index is 783. The molecule has 4 rings (SSSR count). The molecule has 1 amide bonds. The lowest BCUT2D eigenvalue weighted by atomic mass is 10.0. The van der Waals surface area contributed by atoms with E-state index in [1.54, 1.807) is 6.07 Å². The summed E-state index contributed by atoms with van der Waals surface area (Å²) >= 11 is 0. The van der Waals surface area contributed by atoms with Gasteiger partial charge in [0.15, 0.2) is 5.82 Å². The summed E-state index contributed by atoms with van der Waals surface area (Å²) in [6.45, 7) is 2.20. The summed E-state index contributed by atoms with van der Waals surface area (Å²) in [5.41, 5.74) is 1.15. The van der Waals surface area contributed by atoms with E-state index >= 15 is 0 Å². The second kappa shape index (κ2) is 6.58. The Labute approximate surface area is 146 Å². The number of anilines is 1. The number of rotatable bonds is 4. The van der Waals surface area contributed by atoms with Crippen molar-refractivity contribution < 1.29 is 13.7 Å². The molecule has 1 saturated heterocycles. The molecule has 0 bridgehead atoms. The van der Waals surface area contributed by atoms with Gasteiger partial charge in [-0.15, -0.1) is 0 Å². The van der Waals surface area contributed by atoms with Gasteiger partial charge in [-0.25, -0.2) is 4.39 Å². The molecular formula is C19H22FN3O2. The fraction of sp³-hybridized carbons (Fsp3) is 0.526. The maximum absolute atomic E-state index is 14.2. The number of hydrogen-bond donors (Lipinski definition) is 0. The average molecular weight is 343 g/mol. The van der Waals surface area contributed by atoms with Crippen LogP contribution in [0.25, 0.3) is 0 Å². The Morgan fingerprint density at radius 3 is 2.88 bits per heavy atom. The van der Waals surface area contributed by atoms with Gasteiger partial charge in [0.05, 0.1) is 11.6 Å². The fourth-order valence-corrected chi connectivity index (χ4v) is 3.93. The van der Waals surface area contributed by atoms with Gasteiger partial charge in [-0.1, -0.05) is 36.9 Å². The van der Waals surface area contributed by atoms with Crippen molar-refractivity contribution in [2.75, 3.05) is 11.4 Å². The van der Waals surface area contributed by atoms with Crippen molar-refractivity contribution in [2.45, 2.75) is 51.4 Å². The second-order valence-electron chi connectivity index (χ2n) is 7.26.